The van der Waals surface area contributed by atoms with Gasteiger partial charge in [0.1, 0.15) is 5.82 Å². The van der Waals surface area contributed by atoms with Crippen LogP contribution in [-0.2, 0) is 15.7 Å². The van der Waals surface area contributed by atoms with E-state index in [4.69, 9.17) is 14.6 Å². The highest BCUT2D eigenvalue weighted by Crippen LogP contribution is 2.38. The second kappa shape index (κ2) is 7.06. The van der Waals surface area contributed by atoms with Gasteiger partial charge in [-0.05, 0) is 63.5 Å². The Morgan fingerprint density at radius 2 is 1.92 bits per heavy atom. The van der Waals surface area contributed by atoms with Crippen LogP contribution in [0.3, 0.4) is 0 Å². The van der Waals surface area contributed by atoms with E-state index in [1.807, 2.05) is 40.8 Å². The fourth-order valence-corrected chi connectivity index (χ4v) is 2.55. The van der Waals surface area contributed by atoms with Gasteiger partial charge in [-0.1, -0.05) is 12.1 Å². The van der Waals surface area contributed by atoms with E-state index in [-0.39, 0.29) is 12.2 Å². The topological polar surface area (TPSA) is 54.3 Å². The Labute approximate surface area is 143 Å². The van der Waals surface area contributed by atoms with E-state index in [1.54, 1.807) is 6.07 Å². The highest BCUT2D eigenvalue weighted by atomic mass is 19.1. The monoisotopic (exact) mass is 330 g/mol. The molecule has 1 fully saturated rings. The van der Waals surface area contributed by atoms with Crippen molar-refractivity contribution in [3.8, 4) is 6.07 Å². The minimum atomic E-state index is -0.513. The number of hydrogen-bond acceptors (Lipinski definition) is 4. The van der Waals surface area contributed by atoms with Crippen LogP contribution in [0.25, 0.3) is 6.08 Å². The molecule has 4 nitrogen and oxygen atoms in total. The van der Waals surface area contributed by atoms with E-state index >= 15 is 0 Å². The molecule has 6 heteroatoms. The first-order chi connectivity index (χ1) is 11.2. The lowest BCUT2D eigenvalue weighted by Crippen LogP contribution is -2.41. The van der Waals surface area contributed by atoms with Crippen LogP contribution in [0.2, 0.25) is 0 Å². The largest absolute Gasteiger partial charge is 0.491 e. The smallest absolute Gasteiger partial charge is 0.400 e. The number of halogens is 1. The van der Waals surface area contributed by atoms with Gasteiger partial charge in [-0.15, -0.1) is 0 Å². The number of nitrogens with zero attached hydrogens (tertiary/aromatic N) is 1. The van der Waals surface area contributed by atoms with Gasteiger partial charge in [-0.2, -0.15) is 5.26 Å². The SMILES string of the molecule is CNCC(=Cc1cc(F)ccc1CC#N)B1OC(C)(C)C(C)(C)O1. The summed E-state index contributed by atoms with van der Waals surface area (Å²) in [6.45, 7) is 8.51. The van der Waals surface area contributed by atoms with Crippen LogP contribution in [0.4, 0.5) is 4.39 Å². The average Bonchev–Trinajstić information content (AvgIpc) is 2.70. The number of nitriles is 1. The van der Waals surface area contributed by atoms with Crippen molar-refractivity contribution < 1.29 is 13.7 Å². The molecule has 1 N–H and O–H groups in total. The van der Waals surface area contributed by atoms with E-state index < -0.39 is 18.3 Å². The Balaban J connectivity index is 2.40. The summed E-state index contributed by atoms with van der Waals surface area (Å²) in [6.07, 6.45) is 2.08. The van der Waals surface area contributed by atoms with Crippen molar-refractivity contribution in [1.29, 1.82) is 5.26 Å². The lowest BCUT2D eigenvalue weighted by molar-refractivity contribution is 0.00578. The van der Waals surface area contributed by atoms with Crippen molar-refractivity contribution in [3.05, 3.63) is 40.6 Å². The predicted molar refractivity (Wildman–Crippen MR) is 93.7 cm³/mol. The molecule has 128 valence electrons. The summed E-state index contributed by atoms with van der Waals surface area (Å²) in [5.74, 6) is -0.333. The molecule has 1 heterocycles. The van der Waals surface area contributed by atoms with Crippen LogP contribution < -0.4 is 5.32 Å². The zero-order chi connectivity index (χ0) is 18.0. The highest BCUT2D eigenvalue weighted by Gasteiger charge is 2.52. The molecule has 0 bridgehead atoms. The standard InChI is InChI=1S/C18H24BFN2O2/c1-17(2)18(3,4)24-19(23-17)15(12-22-5)10-14-11-16(20)7-6-13(14)8-9-21/h6-7,10-11,22H,8,12H2,1-5H3. The summed E-state index contributed by atoms with van der Waals surface area (Å²) >= 11 is 0. The molecule has 0 spiro atoms. The zero-order valence-corrected chi connectivity index (χ0v) is 14.9. The quantitative estimate of drug-likeness (QED) is 0.843. The summed E-state index contributed by atoms with van der Waals surface area (Å²) < 4.78 is 25.8. The van der Waals surface area contributed by atoms with Gasteiger partial charge in [0, 0.05) is 6.54 Å². The van der Waals surface area contributed by atoms with Gasteiger partial charge in [0.25, 0.3) is 0 Å². The minimum Gasteiger partial charge on any atom is -0.400 e. The maximum Gasteiger partial charge on any atom is 0.491 e. The Hall–Kier alpha value is -1.68. The Bertz CT molecular complexity index is 664. The Morgan fingerprint density at radius 3 is 2.46 bits per heavy atom. The number of likely N-dealkylation sites (N-methyl/N-ethyl adjacent to an activating group) is 1. The van der Waals surface area contributed by atoms with Gasteiger partial charge in [0.2, 0.25) is 0 Å². The first-order valence-electron chi connectivity index (χ1n) is 8.06. The molecule has 24 heavy (non-hydrogen) atoms. The molecule has 0 aliphatic carbocycles. The molecule has 0 atom stereocenters. The second-order valence-corrected chi connectivity index (χ2v) is 7.02. The van der Waals surface area contributed by atoms with Crippen molar-refractivity contribution >= 4 is 13.2 Å². The maximum absolute atomic E-state index is 13.7. The third-order valence-electron chi connectivity index (χ3n) is 4.66. The van der Waals surface area contributed by atoms with Crippen LogP contribution in [0.5, 0.6) is 0 Å². The second-order valence-electron chi connectivity index (χ2n) is 7.02. The normalized spacial score (nSPS) is 19.4. The van der Waals surface area contributed by atoms with Crippen LogP contribution in [-0.4, -0.2) is 31.9 Å². The van der Waals surface area contributed by atoms with Crippen molar-refractivity contribution in [1.82, 2.24) is 5.32 Å². The first-order valence-corrected chi connectivity index (χ1v) is 8.06. The highest BCUT2D eigenvalue weighted by molar-refractivity contribution is 6.55. The van der Waals surface area contributed by atoms with Gasteiger partial charge >= 0.3 is 7.12 Å². The van der Waals surface area contributed by atoms with Gasteiger partial charge in [0.05, 0.1) is 23.7 Å². The third-order valence-corrected chi connectivity index (χ3v) is 4.66. The molecular formula is C18H24BFN2O2. The van der Waals surface area contributed by atoms with Crippen LogP contribution in [0.1, 0.15) is 38.8 Å². The van der Waals surface area contributed by atoms with Gasteiger partial charge in [0.15, 0.2) is 0 Å². The van der Waals surface area contributed by atoms with Gasteiger partial charge in [-0.3, -0.25) is 0 Å². The molecular weight excluding hydrogens is 306 g/mol. The van der Waals surface area contributed by atoms with Crippen molar-refractivity contribution in [2.75, 3.05) is 13.6 Å². The van der Waals surface area contributed by atoms with Gasteiger partial charge in [-0.25, -0.2) is 4.39 Å². The third kappa shape index (κ3) is 3.86. The molecule has 1 aromatic carbocycles. The maximum atomic E-state index is 13.7. The molecule has 1 saturated heterocycles. The van der Waals surface area contributed by atoms with E-state index in [1.165, 1.54) is 12.1 Å². The van der Waals surface area contributed by atoms with Crippen molar-refractivity contribution in [3.63, 3.8) is 0 Å². The number of hydrogen-bond donors (Lipinski definition) is 1. The lowest BCUT2D eigenvalue weighted by Gasteiger charge is -2.32. The Morgan fingerprint density at radius 1 is 1.29 bits per heavy atom. The molecule has 1 aliphatic heterocycles. The number of benzene rings is 1. The van der Waals surface area contributed by atoms with Crippen LogP contribution in [0.15, 0.2) is 23.7 Å². The molecule has 0 radical (unpaired) electrons. The molecule has 0 aromatic heterocycles. The van der Waals surface area contributed by atoms with Gasteiger partial charge < -0.3 is 14.6 Å². The van der Waals surface area contributed by atoms with Crippen molar-refractivity contribution in [2.24, 2.45) is 0 Å². The van der Waals surface area contributed by atoms with Crippen LogP contribution >= 0.6 is 0 Å². The summed E-state index contributed by atoms with van der Waals surface area (Å²) in [5.41, 5.74) is 1.44. The fourth-order valence-electron chi connectivity index (χ4n) is 2.55. The Kier molecular flexibility index (Phi) is 5.49. The molecule has 1 aliphatic rings. The number of nitrogens with one attached hydrogen (secondary N) is 1. The van der Waals surface area contributed by atoms with E-state index in [0.29, 0.717) is 12.1 Å². The number of rotatable bonds is 5. The summed E-state index contributed by atoms with van der Waals surface area (Å²) in [5, 5.41) is 12.1. The lowest BCUT2D eigenvalue weighted by atomic mass is 9.76. The molecule has 0 unspecified atom stereocenters. The average molecular weight is 330 g/mol. The van der Waals surface area contributed by atoms with E-state index in [0.717, 1.165) is 11.0 Å². The first kappa shape index (κ1) is 18.7. The van der Waals surface area contributed by atoms with E-state index in [9.17, 15) is 4.39 Å². The van der Waals surface area contributed by atoms with Crippen molar-refractivity contribution in [2.45, 2.75) is 45.3 Å². The summed E-state index contributed by atoms with van der Waals surface area (Å²) in [6, 6.07) is 6.57. The fraction of sp³-hybridized carbons (Fsp3) is 0.500. The summed E-state index contributed by atoms with van der Waals surface area (Å²) in [4.78, 5) is 0. The molecule has 0 amide bonds. The zero-order valence-electron chi connectivity index (χ0n) is 14.9. The van der Waals surface area contributed by atoms with E-state index in [2.05, 4.69) is 11.4 Å². The molecule has 0 saturated carbocycles. The predicted octanol–water partition coefficient (Wildman–Crippen LogP) is 3.13. The molecule has 2 rings (SSSR count). The molecule has 1 aromatic rings. The summed E-state index contributed by atoms with van der Waals surface area (Å²) in [7, 11) is 1.32. The minimum absolute atomic E-state index is 0.225. The van der Waals surface area contributed by atoms with Crippen LogP contribution in [0, 0.1) is 17.1 Å².